The first kappa shape index (κ1) is 18.4. The van der Waals surface area contributed by atoms with Crippen LogP contribution in [0.4, 0.5) is 0 Å². The molecule has 1 aromatic carbocycles. The van der Waals surface area contributed by atoms with Crippen LogP contribution < -0.4 is 0 Å². The highest BCUT2D eigenvalue weighted by molar-refractivity contribution is 5.53. The van der Waals surface area contributed by atoms with Crippen LogP contribution >= 0.6 is 0 Å². The number of aromatic nitrogens is 4. The molecule has 0 atom stereocenters. The van der Waals surface area contributed by atoms with Gasteiger partial charge in [-0.15, -0.1) is 0 Å². The number of hydrogen-bond donors (Lipinski definition) is 0. The summed E-state index contributed by atoms with van der Waals surface area (Å²) in [4.78, 5) is 21.3. The quantitative estimate of drug-likeness (QED) is 0.660. The second-order valence-electron chi connectivity index (χ2n) is 8.28. The van der Waals surface area contributed by atoms with Crippen molar-refractivity contribution in [2.75, 3.05) is 6.54 Å². The van der Waals surface area contributed by atoms with Gasteiger partial charge < -0.3 is 0 Å². The fraction of sp³-hybridized carbons (Fsp3) is 0.417. The van der Waals surface area contributed by atoms with E-state index in [0.29, 0.717) is 5.92 Å². The second kappa shape index (κ2) is 8.37. The van der Waals surface area contributed by atoms with E-state index in [1.807, 2.05) is 42.7 Å². The maximum absolute atomic E-state index is 4.96. The van der Waals surface area contributed by atoms with Gasteiger partial charge in [0, 0.05) is 72.9 Å². The summed E-state index contributed by atoms with van der Waals surface area (Å²) in [5.74, 6) is 2.44. The second-order valence-corrected chi connectivity index (χ2v) is 8.28. The molecular weight excluding hydrogens is 358 g/mol. The van der Waals surface area contributed by atoms with Crippen LogP contribution in [-0.4, -0.2) is 31.4 Å². The molecular formula is C24H27N5. The minimum atomic E-state index is 0.576. The molecule has 1 fully saturated rings. The lowest BCUT2D eigenvalue weighted by molar-refractivity contribution is 0.241. The largest absolute Gasteiger partial charge is 0.294 e. The topological polar surface area (TPSA) is 54.8 Å². The highest BCUT2D eigenvalue weighted by atomic mass is 15.1. The molecule has 0 radical (unpaired) electrons. The van der Waals surface area contributed by atoms with Crippen LogP contribution in [0.15, 0.2) is 48.9 Å². The Labute approximate surface area is 172 Å². The number of rotatable bonds is 4. The van der Waals surface area contributed by atoms with Crippen LogP contribution in [0.2, 0.25) is 0 Å². The zero-order valence-corrected chi connectivity index (χ0v) is 16.8. The number of hydrogen-bond acceptors (Lipinski definition) is 5. The maximum atomic E-state index is 4.96. The summed E-state index contributed by atoms with van der Waals surface area (Å²) in [6.07, 6.45) is 13.5. The Hall–Kier alpha value is -2.66. The molecule has 148 valence electrons. The molecule has 5 rings (SSSR count). The van der Waals surface area contributed by atoms with E-state index in [9.17, 15) is 0 Å². The molecule has 2 aliphatic rings. The van der Waals surface area contributed by atoms with E-state index in [4.69, 9.17) is 9.97 Å². The Kier molecular flexibility index (Phi) is 5.31. The normalized spacial score (nSPS) is 17.8. The monoisotopic (exact) mass is 385 g/mol. The first-order valence-corrected chi connectivity index (χ1v) is 10.8. The summed E-state index contributed by atoms with van der Waals surface area (Å²) >= 11 is 0. The molecule has 0 unspecified atom stereocenters. The van der Waals surface area contributed by atoms with E-state index in [1.165, 1.54) is 43.4 Å². The minimum absolute atomic E-state index is 0.576. The van der Waals surface area contributed by atoms with Crippen molar-refractivity contribution in [2.24, 2.45) is 0 Å². The molecule has 1 aliphatic carbocycles. The van der Waals surface area contributed by atoms with Gasteiger partial charge in [-0.3, -0.25) is 4.90 Å². The summed E-state index contributed by atoms with van der Waals surface area (Å²) in [6.45, 7) is 2.79. The fourth-order valence-electron chi connectivity index (χ4n) is 4.51. The van der Waals surface area contributed by atoms with Crippen LogP contribution in [0.25, 0.3) is 11.4 Å². The van der Waals surface area contributed by atoms with Crippen molar-refractivity contribution in [1.82, 2.24) is 24.8 Å². The van der Waals surface area contributed by atoms with E-state index >= 15 is 0 Å². The third-order valence-corrected chi connectivity index (χ3v) is 6.15. The summed E-state index contributed by atoms with van der Waals surface area (Å²) in [5, 5.41) is 0. The molecule has 0 spiro atoms. The SMILES string of the molecule is c1ccc(-c2ncc(CN3CCc4nc(C5CCCCC5)ncc4C3)cn2)cc1. The highest BCUT2D eigenvalue weighted by Gasteiger charge is 2.22. The molecule has 29 heavy (non-hydrogen) atoms. The Balaban J connectivity index is 1.24. The molecule has 5 heteroatoms. The van der Waals surface area contributed by atoms with Crippen molar-refractivity contribution in [3.05, 3.63) is 71.6 Å². The Morgan fingerprint density at radius 1 is 0.897 bits per heavy atom. The van der Waals surface area contributed by atoms with E-state index in [2.05, 4.69) is 21.1 Å². The lowest BCUT2D eigenvalue weighted by Gasteiger charge is -2.29. The Bertz CT molecular complexity index is 949. The minimum Gasteiger partial charge on any atom is -0.294 e. The summed E-state index contributed by atoms with van der Waals surface area (Å²) in [6, 6.07) is 10.1. The van der Waals surface area contributed by atoms with Gasteiger partial charge in [-0.2, -0.15) is 0 Å². The summed E-state index contributed by atoms with van der Waals surface area (Å²) in [5.41, 5.74) is 4.73. The van der Waals surface area contributed by atoms with Gasteiger partial charge in [-0.25, -0.2) is 19.9 Å². The van der Waals surface area contributed by atoms with E-state index in [0.717, 1.165) is 48.8 Å². The van der Waals surface area contributed by atoms with E-state index in [1.54, 1.807) is 0 Å². The Morgan fingerprint density at radius 2 is 1.69 bits per heavy atom. The van der Waals surface area contributed by atoms with Gasteiger partial charge in [0.05, 0.1) is 0 Å². The van der Waals surface area contributed by atoms with E-state index < -0.39 is 0 Å². The predicted molar refractivity (Wildman–Crippen MR) is 113 cm³/mol. The molecule has 5 nitrogen and oxygen atoms in total. The molecule has 0 N–H and O–H groups in total. The van der Waals surface area contributed by atoms with Crippen molar-refractivity contribution >= 4 is 0 Å². The maximum Gasteiger partial charge on any atom is 0.159 e. The highest BCUT2D eigenvalue weighted by Crippen LogP contribution is 2.31. The van der Waals surface area contributed by atoms with Gasteiger partial charge in [-0.1, -0.05) is 49.6 Å². The van der Waals surface area contributed by atoms with Gasteiger partial charge in [0.1, 0.15) is 5.82 Å². The smallest absolute Gasteiger partial charge is 0.159 e. The van der Waals surface area contributed by atoms with Gasteiger partial charge in [0.15, 0.2) is 5.82 Å². The average molecular weight is 386 g/mol. The van der Waals surface area contributed by atoms with Crippen LogP contribution in [-0.2, 0) is 19.5 Å². The predicted octanol–water partition coefficient (Wildman–Crippen LogP) is 4.54. The van der Waals surface area contributed by atoms with Gasteiger partial charge in [0.25, 0.3) is 0 Å². The lowest BCUT2D eigenvalue weighted by Crippen LogP contribution is -2.31. The molecule has 1 saturated carbocycles. The van der Waals surface area contributed by atoms with Crippen LogP contribution in [0.1, 0.15) is 60.7 Å². The third kappa shape index (κ3) is 4.20. The zero-order valence-electron chi connectivity index (χ0n) is 16.8. The first-order valence-electron chi connectivity index (χ1n) is 10.8. The number of fused-ring (bicyclic) bond motifs is 1. The molecule has 2 aromatic heterocycles. The third-order valence-electron chi connectivity index (χ3n) is 6.15. The molecule has 0 bridgehead atoms. The lowest BCUT2D eigenvalue weighted by atomic mass is 9.88. The van der Waals surface area contributed by atoms with Crippen molar-refractivity contribution in [1.29, 1.82) is 0 Å². The van der Waals surface area contributed by atoms with Gasteiger partial charge >= 0.3 is 0 Å². The van der Waals surface area contributed by atoms with Crippen molar-refractivity contribution in [3.63, 3.8) is 0 Å². The molecule has 3 heterocycles. The summed E-state index contributed by atoms with van der Waals surface area (Å²) in [7, 11) is 0. The average Bonchev–Trinajstić information content (AvgIpc) is 2.80. The summed E-state index contributed by atoms with van der Waals surface area (Å²) < 4.78 is 0. The molecule has 1 aliphatic heterocycles. The van der Waals surface area contributed by atoms with E-state index in [-0.39, 0.29) is 0 Å². The number of nitrogens with zero attached hydrogens (tertiary/aromatic N) is 5. The Morgan fingerprint density at radius 3 is 2.48 bits per heavy atom. The zero-order chi connectivity index (χ0) is 19.5. The van der Waals surface area contributed by atoms with Crippen LogP contribution in [0.5, 0.6) is 0 Å². The first-order chi connectivity index (χ1) is 14.3. The molecule has 3 aromatic rings. The molecule has 0 amide bonds. The van der Waals surface area contributed by atoms with Crippen LogP contribution in [0.3, 0.4) is 0 Å². The number of benzene rings is 1. The van der Waals surface area contributed by atoms with Crippen molar-refractivity contribution < 1.29 is 0 Å². The van der Waals surface area contributed by atoms with Crippen molar-refractivity contribution in [3.8, 4) is 11.4 Å². The van der Waals surface area contributed by atoms with Crippen molar-refractivity contribution in [2.45, 2.75) is 57.5 Å². The fourth-order valence-corrected chi connectivity index (χ4v) is 4.51. The van der Waals surface area contributed by atoms with Gasteiger partial charge in [0.2, 0.25) is 0 Å². The van der Waals surface area contributed by atoms with Gasteiger partial charge in [-0.05, 0) is 12.8 Å². The standard InChI is InChI=1S/C24H27N5/c1-3-7-19(8-4-1)23-25-13-18(14-26-23)16-29-12-11-22-21(17-29)15-27-24(28-22)20-9-5-2-6-10-20/h1,3-4,7-8,13-15,20H,2,5-6,9-12,16-17H2. The van der Waals surface area contributed by atoms with Crippen LogP contribution in [0, 0.1) is 0 Å². The molecule has 0 saturated heterocycles.